The van der Waals surface area contributed by atoms with Crippen molar-refractivity contribution < 1.29 is 8.42 Å². The lowest BCUT2D eigenvalue weighted by Gasteiger charge is -2.31. The molecule has 1 aromatic rings. The molecule has 0 spiro atoms. The summed E-state index contributed by atoms with van der Waals surface area (Å²) in [6.45, 7) is 3.45. The van der Waals surface area contributed by atoms with Gasteiger partial charge in [0.05, 0.1) is 18.4 Å². The lowest BCUT2D eigenvalue weighted by molar-refractivity contribution is 0.180. The third-order valence-corrected chi connectivity index (χ3v) is 5.12. The molecular formula is C10H18N4O2S. The van der Waals surface area contributed by atoms with Gasteiger partial charge in [-0.05, 0) is 14.0 Å². The molecule has 17 heavy (non-hydrogen) atoms. The predicted octanol–water partition coefficient (Wildman–Crippen LogP) is -0.0327. The van der Waals surface area contributed by atoms with Crippen molar-refractivity contribution in [3.63, 3.8) is 0 Å². The van der Waals surface area contributed by atoms with E-state index in [9.17, 15) is 8.42 Å². The van der Waals surface area contributed by atoms with Crippen LogP contribution < -0.4 is 0 Å². The fraction of sp³-hybridized carbons (Fsp3) is 0.700. The summed E-state index contributed by atoms with van der Waals surface area (Å²) in [4.78, 5) is 2.45. The zero-order valence-electron chi connectivity index (χ0n) is 10.6. The van der Waals surface area contributed by atoms with Gasteiger partial charge < -0.3 is 0 Å². The average Bonchev–Trinajstić information content (AvgIpc) is 2.62. The van der Waals surface area contributed by atoms with E-state index >= 15 is 0 Å². The summed E-state index contributed by atoms with van der Waals surface area (Å²) in [5.74, 6) is 0. The molecule has 1 aliphatic heterocycles. The van der Waals surface area contributed by atoms with Gasteiger partial charge in [-0.15, -0.1) is 0 Å². The van der Waals surface area contributed by atoms with Crippen LogP contribution in [0.25, 0.3) is 0 Å². The number of rotatable bonds is 2. The van der Waals surface area contributed by atoms with Crippen molar-refractivity contribution in [3.05, 3.63) is 11.9 Å². The fourth-order valence-electron chi connectivity index (χ4n) is 1.90. The minimum Gasteiger partial charge on any atom is -0.296 e. The number of hydrogen-bond acceptors (Lipinski definition) is 4. The van der Waals surface area contributed by atoms with Crippen LogP contribution in [0.3, 0.4) is 0 Å². The molecule has 0 unspecified atom stereocenters. The van der Waals surface area contributed by atoms with Crippen molar-refractivity contribution in [2.24, 2.45) is 0 Å². The van der Waals surface area contributed by atoms with Gasteiger partial charge in [0.25, 0.3) is 0 Å². The van der Waals surface area contributed by atoms with Gasteiger partial charge in [0.2, 0.25) is 10.0 Å². The van der Waals surface area contributed by atoms with Crippen molar-refractivity contribution in [1.29, 1.82) is 0 Å². The predicted molar refractivity (Wildman–Crippen MR) is 64.0 cm³/mol. The normalized spacial score (nSPS) is 21.8. The summed E-state index contributed by atoms with van der Waals surface area (Å²) >= 11 is 0. The second-order valence-electron chi connectivity index (χ2n) is 4.69. The lowest BCUT2D eigenvalue weighted by Crippen LogP contribution is -2.39. The first-order valence-corrected chi connectivity index (χ1v) is 6.95. The summed E-state index contributed by atoms with van der Waals surface area (Å²) < 4.78 is 27.2. The molecule has 96 valence electrons. The van der Waals surface area contributed by atoms with Crippen molar-refractivity contribution >= 4 is 10.0 Å². The Morgan fingerprint density at radius 3 is 2.71 bits per heavy atom. The molecule has 1 atom stereocenters. The van der Waals surface area contributed by atoms with Crippen LogP contribution in [-0.4, -0.2) is 54.6 Å². The Balaban J connectivity index is 2.48. The molecule has 0 bridgehead atoms. The van der Waals surface area contributed by atoms with E-state index in [1.807, 2.05) is 7.05 Å². The molecule has 0 N–H and O–H groups in total. The van der Waals surface area contributed by atoms with Crippen molar-refractivity contribution in [2.45, 2.75) is 31.0 Å². The second-order valence-corrected chi connectivity index (χ2v) is 6.81. The molecule has 0 aliphatic carbocycles. The van der Waals surface area contributed by atoms with E-state index in [4.69, 9.17) is 0 Å². The number of nitrogens with zero attached hydrogens (tertiary/aromatic N) is 4. The van der Waals surface area contributed by atoms with E-state index in [2.05, 4.69) is 16.9 Å². The van der Waals surface area contributed by atoms with Crippen LogP contribution in [0.2, 0.25) is 0 Å². The van der Waals surface area contributed by atoms with Crippen LogP contribution in [0.1, 0.15) is 12.6 Å². The Morgan fingerprint density at radius 1 is 1.47 bits per heavy atom. The van der Waals surface area contributed by atoms with E-state index in [0.717, 1.165) is 12.2 Å². The highest BCUT2D eigenvalue weighted by Crippen LogP contribution is 2.24. The monoisotopic (exact) mass is 258 g/mol. The van der Waals surface area contributed by atoms with Gasteiger partial charge >= 0.3 is 0 Å². The third kappa shape index (κ3) is 1.98. The molecule has 6 nitrogen and oxygen atoms in total. The standard InChI is InChI=1S/C10H18N4O2S/c1-8-6-14-9(7-13(8)4)10(5-11-14)17(15,16)12(2)3/h5,8H,6-7H2,1-4H3/t8-/m0/s1. The van der Waals surface area contributed by atoms with Gasteiger partial charge in [0, 0.05) is 26.7 Å². The first-order valence-electron chi connectivity index (χ1n) is 5.51. The number of hydrogen-bond donors (Lipinski definition) is 0. The van der Waals surface area contributed by atoms with Crippen LogP contribution in [0.15, 0.2) is 11.1 Å². The van der Waals surface area contributed by atoms with E-state index in [0.29, 0.717) is 17.5 Å². The molecule has 0 amide bonds. The largest absolute Gasteiger partial charge is 0.296 e. The van der Waals surface area contributed by atoms with Crippen molar-refractivity contribution in [1.82, 2.24) is 19.0 Å². The van der Waals surface area contributed by atoms with E-state index in [-0.39, 0.29) is 0 Å². The highest BCUT2D eigenvalue weighted by atomic mass is 32.2. The number of likely N-dealkylation sites (N-methyl/N-ethyl adjacent to an activating group) is 1. The maximum Gasteiger partial charge on any atom is 0.246 e. The van der Waals surface area contributed by atoms with Gasteiger partial charge in [-0.1, -0.05) is 0 Å². The number of fused-ring (bicyclic) bond motifs is 1. The van der Waals surface area contributed by atoms with Gasteiger partial charge in [-0.2, -0.15) is 5.10 Å². The highest BCUT2D eigenvalue weighted by Gasteiger charge is 2.29. The Hall–Kier alpha value is -0.920. The maximum atomic E-state index is 12.1. The Bertz CT molecular complexity index is 520. The molecule has 0 aromatic carbocycles. The number of sulfonamides is 1. The Morgan fingerprint density at radius 2 is 2.12 bits per heavy atom. The summed E-state index contributed by atoms with van der Waals surface area (Å²) in [6.07, 6.45) is 1.45. The van der Waals surface area contributed by atoms with Crippen molar-refractivity contribution in [3.8, 4) is 0 Å². The summed E-state index contributed by atoms with van der Waals surface area (Å²) in [5, 5.41) is 4.17. The van der Waals surface area contributed by atoms with Crippen LogP contribution in [0.4, 0.5) is 0 Å². The quantitative estimate of drug-likeness (QED) is 0.747. The molecule has 1 aromatic heterocycles. The molecule has 0 radical (unpaired) electrons. The van der Waals surface area contributed by atoms with E-state index < -0.39 is 10.0 Å². The second kappa shape index (κ2) is 4.08. The van der Waals surface area contributed by atoms with Crippen LogP contribution in [0, 0.1) is 0 Å². The molecule has 0 saturated carbocycles. The smallest absolute Gasteiger partial charge is 0.246 e. The Labute approximate surface area is 102 Å². The Kier molecular flexibility index (Phi) is 3.01. The van der Waals surface area contributed by atoms with Gasteiger partial charge in [-0.3, -0.25) is 9.58 Å². The van der Waals surface area contributed by atoms with Gasteiger partial charge in [-0.25, -0.2) is 12.7 Å². The summed E-state index contributed by atoms with van der Waals surface area (Å²) in [7, 11) is 1.67. The van der Waals surface area contributed by atoms with Crippen LogP contribution in [-0.2, 0) is 23.1 Å². The number of aromatic nitrogens is 2. The minimum absolute atomic E-state index is 0.321. The molecule has 0 saturated heterocycles. The zero-order valence-corrected chi connectivity index (χ0v) is 11.4. The maximum absolute atomic E-state index is 12.1. The van der Waals surface area contributed by atoms with E-state index in [1.165, 1.54) is 24.6 Å². The molecule has 1 aliphatic rings. The topological polar surface area (TPSA) is 58.4 Å². The highest BCUT2D eigenvalue weighted by molar-refractivity contribution is 7.89. The molecule has 0 fully saturated rings. The molecule has 7 heteroatoms. The third-order valence-electron chi connectivity index (χ3n) is 3.26. The molecular weight excluding hydrogens is 240 g/mol. The van der Waals surface area contributed by atoms with Crippen molar-refractivity contribution in [2.75, 3.05) is 21.1 Å². The zero-order chi connectivity index (χ0) is 12.8. The van der Waals surface area contributed by atoms with Crippen LogP contribution >= 0.6 is 0 Å². The summed E-state index contributed by atoms with van der Waals surface area (Å²) in [6, 6.07) is 0.373. The average molecular weight is 258 g/mol. The van der Waals surface area contributed by atoms with Crippen LogP contribution in [0.5, 0.6) is 0 Å². The fourth-order valence-corrected chi connectivity index (χ4v) is 2.95. The van der Waals surface area contributed by atoms with Gasteiger partial charge in [0.1, 0.15) is 4.90 Å². The molecule has 2 heterocycles. The van der Waals surface area contributed by atoms with E-state index in [1.54, 1.807) is 4.68 Å². The minimum atomic E-state index is -3.39. The first-order chi connectivity index (χ1) is 7.84. The first kappa shape index (κ1) is 12.5. The SMILES string of the molecule is C[C@H]1Cn2ncc(S(=O)(=O)N(C)C)c2CN1C. The van der Waals surface area contributed by atoms with Gasteiger partial charge in [0.15, 0.2) is 0 Å². The lowest BCUT2D eigenvalue weighted by atomic mass is 10.2. The summed E-state index contributed by atoms with van der Waals surface area (Å²) in [5.41, 5.74) is 0.777. The molecule has 2 rings (SSSR count).